The minimum absolute atomic E-state index is 0.0442. The molecule has 0 aliphatic carbocycles. The van der Waals surface area contributed by atoms with E-state index in [1.807, 2.05) is 24.3 Å². The molecule has 0 spiro atoms. The van der Waals surface area contributed by atoms with Crippen molar-refractivity contribution in [3.05, 3.63) is 24.3 Å². The SMILES string of the molecule is O=C1CCC(C(=O)NCCN2CCOc3ccccc32)N1. The second-order valence-electron chi connectivity index (χ2n) is 5.25. The van der Waals surface area contributed by atoms with E-state index >= 15 is 0 Å². The highest BCUT2D eigenvalue weighted by molar-refractivity contribution is 5.90. The Kier molecular flexibility index (Phi) is 3.94. The minimum Gasteiger partial charge on any atom is -0.490 e. The lowest BCUT2D eigenvalue weighted by Gasteiger charge is -2.31. The Morgan fingerprint density at radius 3 is 3.10 bits per heavy atom. The fourth-order valence-corrected chi connectivity index (χ4v) is 2.71. The van der Waals surface area contributed by atoms with E-state index in [1.54, 1.807) is 0 Å². The molecular weight excluding hydrogens is 270 g/mol. The summed E-state index contributed by atoms with van der Waals surface area (Å²) < 4.78 is 5.60. The van der Waals surface area contributed by atoms with E-state index in [9.17, 15) is 9.59 Å². The summed E-state index contributed by atoms with van der Waals surface area (Å²) in [5.41, 5.74) is 1.06. The number of nitrogens with zero attached hydrogens (tertiary/aromatic N) is 1. The zero-order chi connectivity index (χ0) is 14.7. The maximum atomic E-state index is 11.9. The standard InChI is InChI=1S/C15H19N3O3/c19-14-6-5-11(17-14)15(20)16-7-8-18-9-10-21-13-4-2-1-3-12(13)18/h1-4,11H,5-10H2,(H,16,20)(H,17,19). The predicted octanol–water partition coefficient (Wildman–Crippen LogP) is 0.280. The van der Waals surface area contributed by atoms with E-state index in [4.69, 9.17) is 4.74 Å². The number of amides is 2. The summed E-state index contributed by atoms with van der Waals surface area (Å²) in [6, 6.07) is 7.54. The molecule has 2 aliphatic heterocycles. The van der Waals surface area contributed by atoms with Crippen LogP contribution < -0.4 is 20.3 Å². The van der Waals surface area contributed by atoms with Crippen molar-refractivity contribution < 1.29 is 14.3 Å². The van der Waals surface area contributed by atoms with Gasteiger partial charge < -0.3 is 20.3 Å². The molecule has 112 valence electrons. The van der Waals surface area contributed by atoms with Gasteiger partial charge in [0.05, 0.1) is 12.2 Å². The second kappa shape index (κ2) is 6.03. The molecule has 3 rings (SSSR count). The van der Waals surface area contributed by atoms with Crippen LogP contribution >= 0.6 is 0 Å². The molecule has 1 aromatic rings. The molecule has 6 nitrogen and oxygen atoms in total. The van der Waals surface area contributed by atoms with E-state index in [-0.39, 0.29) is 17.9 Å². The van der Waals surface area contributed by atoms with Crippen molar-refractivity contribution in [2.45, 2.75) is 18.9 Å². The summed E-state index contributed by atoms with van der Waals surface area (Å²) in [5, 5.41) is 5.56. The predicted molar refractivity (Wildman–Crippen MR) is 78.3 cm³/mol. The Balaban J connectivity index is 1.50. The number of ether oxygens (including phenoxy) is 1. The van der Waals surface area contributed by atoms with Crippen LogP contribution in [0.5, 0.6) is 5.75 Å². The summed E-state index contributed by atoms with van der Waals surface area (Å²) in [6.07, 6.45) is 1.03. The number of fused-ring (bicyclic) bond motifs is 1. The van der Waals surface area contributed by atoms with Crippen molar-refractivity contribution in [3.63, 3.8) is 0 Å². The third-order valence-electron chi connectivity index (χ3n) is 3.82. The maximum Gasteiger partial charge on any atom is 0.242 e. The summed E-state index contributed by atoms with van der Waals surface area (Å²) in [7, 11) is 0. The topological polar surface area (TPSA) is 70.7 Å². The van der Waals surface area contributed by atoms with Gasteiger partial charge in [0, 0.05) is 19.5 Å². The lowest BCUT2D eigenvalue weighted by atomic mass is 10.2. The number of nitrogens with one attached hydrogen (secondary N) is 2. The second-order valence-corrected chi connectivity index (χ2v) is 5.25. The first-order valence-electron chi connectivity index (χ1n) is 7.28. The van der Waals surface area contributed by atoms with Gasteiger partial charge in [0.15, 0.2) is 0 Å². The number of rotatable bonds is 4. The third-order valence-corrected chi connectivity index (χ3v) is 3.82. The van der Waals surface area contributed by atoms with Crippen LogP contribution in [0, 0.1) is 0 Å². The molecule has 0 aromatic heterocycles. The van der Waals surface area contributed by atoms with Gasteiger partial charge in [-0.15, -0.1) is 0 Å². The molecule has 6 heteroatoms. The smallest absolute Gasteiger partial charge is 0.242 e. The summed E-state index contributed by atoms with van der Waals surface area (Å²) in [6.45, 7) is 2.75. The molecule has 2 aliphatic rings. The van der Waals surface area contributed by atoms with E-state index < -0.39 is 0 Å². The average Bonchev–Trinajstić information content (AvgIpc) is 2.94. The van der Waals surface area contributed by atoms with Crippen LogP contribution in [0.4, 0.5) is 5.69 Å². The molecule has 1 saturated heterocycles. The largest absolute Gasteiger partial charge is 0.490 e. The van der Waals surface area contributed by atoms with Crippen molar-refractivity contribution in [1.29, 1.82) is 0 Å². The van der Waals surface area contributed by atoms with Crippen LogP contribution in [0.25, 0.3) is 0 Å². The molecule has 0 bridgehead atoms. The zero-order valence-corrected chi connectivity index (χ0v) is 11.8. The number of benzene rings is 1. The Hall–Kier alpha value is -2.24. The summed E-state index contributed by atoms with van der Waals surface area (Å²) in [4.78, 5) is 25.2. The Morgan fingerprint density at radius 1 is 1.43 bits per heavy atom. The van der Waals surface area contributed by atoms with Crippen molar-refractivity contribution >= 4 is 17.5 Å². The van der Waals surface area contributed by atoms with Gasteiger partial charge in [0.2, 0.25) is 11.8 Å². The highest BCUT2D eigenvalue weighted by Crippen LogP contribution is 2.30. The van der Waals surface area contributed by atoms with Crippen molar-refractivity contribution in [1.82, 2.24) is 10.6 Å². The number of carbonyl (C=O) groups is 2. The van der Waals surface area contributed by atoms with Gasteiger partial charge in [-0.2, -0.15) is 0 Å². The molecule has 1 aromatic carbocycles. The van der Waals surface area contributed by atoms with Gasteiger partial charge in [-0.25, -0.2) is 0 Å². The van der Waals surface area contributed by atoms with Crippen LogP contribution in [0.3, 0.4) is 0 Å². The van der Waals surface area contributed by atoms with E-state index in [0.717, 1.165) is 24.5 Å². The fourth-order valence-electron chi connectivity index (χ4n) is 2.71. The van der Waals surface area contributed by atoms with Crippen molar-refractivity contribution in [3.8, 4) is 5.75 Å². The van der Waals surface area contributed by atoms with E-state index in [2.05, 4.69) is 15.5 Å². The van der Waals surface area contributed by atoms with E-state index in [1.165, 1.54) is 0 Å². The number of hydrogen-bond acceptors (Lipinski definition) is 4. The Morgan fingerprint density at radius 2 is 2.29 bits per heavy atom. The van der Waals surface area contributed by atoms with Crippen LogP contribution in [0.1, 0.15) is 12.8 Å². The Bertz CT molecular complexity index is 547. The molecule has 1 unspecified atom stereocenters. The van der Waals surface area contributed by atoms with Crippen molar-refractivity contribution in [2.75, 3.05) is 31.1 Å². The van der Waals surface area contributed by atoms with Crippen LogP contribution in [-0.4, -0.2) is 44.1 Å². The lowest BCUT2D eigenvalue weighted by Crippen LogP contribution is -2.45. The molecule has 2 amide bonds. The highest BCUT2D eigenvalue weighted by Gasteiger charge is 2.27. The first-order chi connectivity index (χ1) is 10.2. The quantitative estimate of drug-likeness (QED) is 0.835. The molecular formula is C15H19N3O3. The molecule has 0 radical (unpaired) electrons. The number of carbonyl (C=O) groups excluding carboxylic acids is 2. The third kappa shape index (κ3) is 3.09. The maximum absolute atomic E-state index is 11.9. The van der Waals surface area contributed by atoms with Gasteiger partial charge in [0.25, 0.3) is 0 Å². The number of para-hydroxylation sites is 2. The van der Waals surface area contributed by atoms with Gasteiger partial charge in [-0.1, -0.05) is 12.1 Å². The molecule has 2 heterocycles. The summed E-state index contributed by atoms with van der Waals surface area (Å²) >= 11 is 0. The van der Waals surface area contributed by atoms with Crippen LogP contribution in [-0.2, 0) is 9.59 Å². The Labute approximate surface area is 123 Å². The number of anilines is 1. The average molecular weight is 289 g/mol. The molecule has 21 heavy (non-hydrogen) atoms. The van der Waals surface area contributed by atoms with Crippen molar-refractivity contribution in [2.24, 2.45) is 0 Å². The van der Waals surface area contributed by atoms with Gasteiger partial charge >= 0.3 is 0 Å². The monoisotopic (exact) mass is 289 g/mol. The van der Waals surface area contributed by atoms with Crippen LogP contribution in [0.15, 0.2) is 24.3 Å². The summed E-state index contributed by atoms with van der Waals surface area (Å²) in [5.74, 6) is 0.748. The molecule has 2 N–H and O–H groups in total. The van der Waals surface area contributed by atoms with Gasteiger partial charge in [-0.3, -0.25) is 9.59 Å². The first kappa shape index (κ1) is 13.7. The van der Waals surface area contributed by atoms with Gasteiger partial charge in [0.1, 0.15) is 18.4 Å². The molecule has 0 saturated carbocycles. The van der Waals surface area contributed by atoms with E-state index in [0.29, 0.717) is 26.0 Å². The van der Waals surface area contributed by atoms with Crippen LogP contribution in [0.2, 0.25) is 0 Å². The fraction of sp³-hybridized carbons (Fsp3) is 0.467. The van der Waals surface area contributed by atoms with Gasteiger partial charge in [-0.05, 0) is 18.6 Å². The lowest BCUT2D eigenvalue weighted by molar-refractivity contribution is -0.125. The molecule has 1 fully saturated rings. The zero-order valence-electron chi connectivity index (χ0n) is 11.8. The first-order valence-corrected chi connectivity index (χ1v) is 7.28. The minimum atomic E-state index is -0.366. The number of hydrogen-bond donors (Lipinski definition) is 2. The highest BCUT2D eigenvalue weighted by atomic mass is 16.5. The normalized spacial score (nSPS) is 20.5. The molecule has 1 atom stereocenters.